The van der Waals surface area contributed by atoms with Crippen molar-refractivity contribution in [1.82, 2.24) is 9.97 Å². The number of aromatic nitrogens is 2. The summed E-state index contributed by atoms with van der Waals surface area (Å²) >= 11 is 4.89. The molecule has 2 aromatic carbocycles. The predicted octanol–water partition coefficient (Wildman–Crippen LogP) is 4.30. The van der Waals surface area contributed by atoms with Crippen molar-refractivity contribution in [2.24, 2.45) is 0 Å². The molecule has 6 heteroatoms. The summed E-state index contributed by atoms with van der Waals surface area (Å²) in [5.74, 6) is 0.792. The first kappa shape index (κ1) is 14.2. The number of hydrogen-bond acceptors (Lipinski definition) is 4. The van der Waals surface area contributed by atoms with Crippen LogP contribution in [-0.4, -0.2) is 23.4 Å². The van der Waals surface area contributed by atoms with E-state index in [1.165, 1.54) is 11.8 Å². The Hall–Kier alpha value is -1.79. The first-order chi connectivity index (χ1) is 10.2. The zero-order chi connectivity index (χ0) is 14.8. The molecule has 0 aliphatic heterocycles. The van der Waals surface area contributed by atoms with Gasteiger partial charge in [0.25, 0.3) is 0 Å². The van der Waals surface area contributed by atoms with Gasteiger partial charge in [-0.05, 0) is 30.3 Å². The highest BCUT2D eigenvalue weighted by Gasteiger charge is 2.07. The molecule has 0 saturated carbocycles. The molecule has 21 heavy (non-hydrogen) atoms. The van der Waals surface area contributed by atoms with E-state index in [9.17, 15) is 4.79 Å². The molecule has 0 spiro atoms. The monoisotopic (exact) mass is 362 g/mol. The van der Waals surface area contributed by atoms with E-state index in [1.807, 2.05) is 30.3 Å². The molecule has 3 aromatic rings. The molecule has 1 heterocycles. The van der Waals surface area contributed by atoms with Crippen molar-refractivity contribution in [3.05, 3.63) is 46.4 Å². The number of ether oxygens (including phenoxy) is 1. The van der Waals surface area contributed by atoms with Gasteiger partial charge >= 0.3 is 0 Å². The summed E-state index contributed by atoms with van der Waals surface area (Å²) in [5.41, 5.74) is 2.45. The number of nitrogens with one attached hydrogen (secondary N) is 1. The zero-order valence-corrected chi connectivity index (χ0v) is 13.5. The highest BCUT2D eigenvalue weighted by atomic mass is 79.9. The molecule has 106 valence electrons. The topological polar surface area (TPSA) is 55.0 Å². The van der Waals surface area contributed by atoms with Crippen LogP contribution >= 0.6 is 27.7 Å². The van der Waals surface area contributed by atoms with Gasteiger partial charge in [0, 0.05) is 21.0 Å². The van der Waals surface area contributed by atoms with Gasteiger partial charge in [-0.3, -0.25) is 4.79 Å². The van der Waals surface area contributed by atoms with E-state index < -0.39 is 0 Å². The maximum absolute atomic E-state index is 10.8. The number of rotatable bonds is 4. The van der Waals surface area contributed by atoms with Gasteiger partial charge in [0.2, 0.25) is 0 Å². The molecular formula is C15H11BrN2O2S. The molecule has 0 atom stereocenters. The molecule has 0 aliphatic rings. The summed E-state index contributed by atoms with van der Waals surface area (Å²) in [6.45, 7) is 0. The SMILES string of the molecule is COc1ccc2nc(Sc3ccc(C=O)c(Br)c3)[nH]c2c1. The van der Waals surface area contributed by atoms with E-state index in [0.717, 1.165) is 37.6 Å². The van der Waals surface area contributed by atoms with Crippen LogP contribution in [0.2, 0.25) is 0 Å². The second-order valence-corrected chi connectivity index (χ2v) is 6.24. The number of aromatic amines is 1. The summed E-state index contributed by atoms with van der Waals surface area (Å²) < 4.78 is 5.98. The molecule has 3 rings (SSSR count). The van der Waals surface area contributed by atoms with Gasteiger partial charge in [0.1, 0.15) is 5.75 Å². The molecule has 0 aliphatic carbocycles. The average molecular weight is 363 g/mol. The molecule has 0 unspecified atom stereocenters. The Morgan fingerprint density at radius 1 is 1.29 bits per heavy atom. The summed E-state index contributed by atoms with van der Waals surface area (Å²) in [5, 5.41) is 0.795. The third kappa shape index (κ3) is 2.96. The number of carbonyl (C=O) groups excluding carboxylic acids is 1. The number of carbonyl (C=O) groups is 1. The minimum atomic E-state index is 0.633. The van der Waals surface area contributed by atoms with E-state index >= 15 is 0 Å². The lowest BCUT2D eigenvalue weighted by Gasteiger charge is -2.00. The quantitative estimate of drug-likeness (QED) is 0.703. The number of aldehydes is 1. The number of fused-ring (bicyclic) bond motifs is 1. The number of H-pyrrole nitrogens is 1. The third-order valence-corrected chi connectivity index (χ3v) is 4.54. The summed E-state index contributed by atoms with van der Waals surface area (Å²) in [4.78, 5) is 19.6. The Morgan fingerprint density at radius 2 is 2.14 bits per heavy atom. The van der Waals surface area contributed by atoms with Crippen LogP contribution in [0.1, 0.15) is 10.4 Å². The number of imidazole rings is 1. The Balaban J connectivity index is 1.90. The molecular weight excluding hydrogens is 352 g/mol. The predicted molar refractivity (Wildman–Crippen MR) is 86.3 cm³/mol. The second kappa shape index (κ2) is 5.91. The molecule has 0 radical (unpaired) electrons. The lowest BCUT2D eigenvalue weighted by Crippen LogP contribution is -1.83. The van der Waals surface area contributed by atoms with Crippen LogP contribution in [0.25, 0.3) is 11.0 Å². The Kier molecular flexibility index (Phi) is 3.98. The van der Waals surface area contributed by atoms with Crippen molar-refractivity contribution in [3.8, 4) is 5.75 Å². The van der Waals surface area contributed by atoms with Crippen molar-refractivity contribution < 1.29 is 9.53 Å². The van der Waals surface area contributed by atoms with Gasteiger partial charge < -0.3 is 9.72 Å². The maximum atomic E-state index is 10.8. The van der Waals surface area contributed by atoms with Crippen molar-refractivity contribution in [2.45, 2.75) is 10.1 Å². The highest BCUT2D eigenvalue weighted by molar-refractivity contribution is 9.10. The number of benzene rings is 2. The van der Waals surface area contributed by atoms with Gasteiger partial charge in [0.05, 0.1) is 18.1 Å². The third-order valence-electron chi connectivity index (χ3n) is 2.98. The van der Waals surface area contributed by atoms with Crippen molar-refractivity contribution in [3.63, 3.8) is 0 Å². The van der Waals surface area contributed by atoms with Gasteiger partial charge in [-0.1, -0.05) is 27.7 Å². The minimum absolute atomic E-state index is 0.633. The maximum Gasteiger partial charge on any atom is 0.171 e. The van der Waals surface area contributed by atoms with Gasteiger partial charge in [0.15, 0.2) is 11.4 Å². The van der Waals surface area contributed by atoms with E-state index in [0.29, 0.717) is 5.56 Å². The first-order valence-electron chi connectivity index (χ1n) is 6.16. The van der Waals surface area contributed by atoms with E-state index in [2.05, 4.69) is 25.9 Å². The number of methoxy groups -OCH3 is 1. The summed E-state index contributed by atoms with van der Waals surface area (Å²) in [6, 6.07) is 11.3. The fraction of sp³-hybridized carbons (Fsp3) is 0.0667. The minimum Gasteiger partial charge on any atom is -0.497 e. The van der Waals surface area contributed by atoms with Crippen molar-refractivity contribution in [1.29, 1.82) is 0 Å². The Bertz CT molecular complexity index is 817. The number of hydrogen-bond donors (Lipinski definition) is 1. The fourth-order valence-electron chi connectivity index (χ4n) is 1.92. The van der Waals surface area contributed by atoms with Crippen LogP contribution in [-0.2, 0) is 0 Å². The molecule has 0 amide bonds. The molecule has 0 saturated heterocycles. The van der Waals surface area contributed by atoms with Crippen LogP contribution < -0.4 is 4.74 Å². The zero-order valence-electron chi connectivity index (χ0n) is 11.1. The lowest BCUT2D eigenvalue weighted by molar-refractivity contribution is 0.112. The van der Waals surface area contributed by atoms with Crippen molar-refractivity contribution in [2.75, 3.05) is 7.11 Å². The van der Waals surface area contributed by atoms with Crippen LogP contribution in [0.15, 0.2) is 50.9 Å². The van der Waals surface area contributed by atoms with Gasteiger partial charge in [-0.15, -0.1) is 0 Å². The molecule has 1 aromatic heterocycles. The normalized spacial score (nSPS) is 10.8. The van der Waals surface area contributed by atoms with E-state index in [-0.39, 0.29) is 0 Å². The average Bonchev–Trinajstić information content (AvgIpc) is 2.88. The number of nitrogens with zero attached hydrogens (tertiary/aromatic N) is 1. The fourth-order valence-corrected chi connectivity index (χ4v) is 3.38. The number of halogens is 1. The first-order valence-corrected chi connectivity index (χ1v) is 7.77. The lowest BCUT2D eigenvalue weighted by atomic mass is 10.2. The second-order valence-electron chi connectivity index (χ2n) is 4.33. The molecule has 1 N–H and O–H groups in total. The van der Waals surface area contributed by atoms with Gasteiger partial charge in [-0.2, -0.15) is 0 Å². The summed E-state index contributed by atoms with van der Waals surface area (Å²) in [7, 11) is 1.64. The Labute approximate surface area is 134 Å². The van der Waals surface area contributed by atoms with Crippen LogP contribution in [0.3, 0.4) is 0 Å². The van der Waals surface area contributed by atoms with Crippen LogP contribution in [0, 0.1) is 0 Å². The Morgan fingerprint density at radius 3 is 2.86 bits per heavy atom. The smallest absolute Gasteiger partial charge is 0.171 e. The van der Waals surface area contributed by atoms with Gasteiger partial charge in [-0.25, -0.2) is 4.98 Å². The van der Waals surface area contributed by atoms with E-state index in [4.69, 9.17) is 4.74 Å². The largest absolute Gasteiger partial charge is 0.497 e. The molecule has 4 nitrogen and oxygen atoms in total. The van der Waals surface area contributed by atoms with Crippen LogP contribution in [0.4, 0.5) is 0 Å². The highest BCUT2D eigenvalue weighted by Crippen LogP contribution is 2.31. The van der Waals surface area contributed by atoms with E-state index in [1.54, 1.807) is 13.2 Å². The van der Waals surface area contributed by atoms with Crippen LogP contribution in [0.5, 0.6) is 5.75 Å². The standard InChI is InChI=1S/C15H11BrN2O2S/c1-20-10-3-5-13-14(6-10)18-15(17-13)21-11-4-2-9(8-19)12(16)7-11/h2-8H,1H3,(H,17,18). The van der Waals surface area contributed by atoms with Crippen molar-refractivity contribution >= 4 is 45.0 Å². The summed E-state index contributed by atoms with van der Waals surface area (Å²) in [6.07, 6.45) is 0.825. The molecule has 0 fully saturated rings. The molecule has 0 bridgehead atoms.